The molecule has 2 aromatic rings. The number of carbonyl (C=O) groups is 2. The third-order valence-electron chi connectivity index (χ3n) is 4.87. The minimum atomic E-state index is -1.14. The number of hydrogen-bond acceptors (Lipinski definition) is 3. The van der Waals surface area contributed by atoms with Crippen molar-refractivity contribution in [1.29, 1.82) is 0 Å². The molecule has 1 aliphatic rings. The van der Waals surface area contributed by atoms with Crippen LogP contribution in [-0.2, 0) is 17.6 Å². The van der Waals surface area contributed by atoms with Gasteiger partial charge in [-0.05, 0) is 55.0 Å². The van der Waals surface area contributed by atoms with Crippen LogP contribution in [0.25, 0.3) is 0 Å². The van der Waals surface area contributed by atoms with Gasteiger partial charge in [-0.1, -0.05) is 18.6 Å². The third-order valence-corrected chi connectivity index (χ3v) is 4.87. The van der Waals surface area contributed by atoms with E-state index in [1.165, 1.54) is 24.3 Å². The monoisotopic (exact) mass is 372 g/mol. The molecule has 0 saturated carbocycles. The second kappa shape index (κ2) is 8.16. The molecule has 1 aromatic carbocycles. The largest absolute Gasteiger partial charge is 0.481 e. The second-order valence-electron chi connectivity index (χ2n) is 6.73. The summed E-state index contributed by atoms with van der Waals surface area (Å²) in [6.45, 7) is -0.198. The Balaban J connectivity index is 1.76. The summed E-state index contributed by atoms with van der Waals surface area (Å²) in [5.74, 6) is -3.26. The Morgan fingerprint density at radius 2 is 1.85 bits per heavy atom. The fraction of sp³-hybridized carbons (Fsp3) is 0.350. The van der Waals surface area contributed by atoms with Gasteiger partial charge in [-0.25, -0.2) is 4.39 Å². The third kappa shape index (κ3) is 4.42. The van der Waals surface area contributed by atoms with Crippen molar-refractivity contribution in [3.8, 4) is 0 Å². The highest BCUT2D eigenvalue weighted by atomic mass is 19.1. The standard InChI is InChI=1S/C20H21FN2O4/c21-14-8-6-12(7-9-14)16(20(26)27)11-22-18(24)15-10-13-4-2-1-3-5-17(13)23-19(15)25/h6-10,16H,1-5,11H2,(H,22,24)(H,23,25)(H,26,27). The van der Waals surface area contributed by atoms with Crippen LogP contribution >= 0.6 is 0 Å². The number of aromatic amines is 1. The average molecular weight is 372 g/mol. The van der Waals surface area contributed by atoms with E-state index in [2.05, 4.69) is 10.3 Å². The van der Waals surface area contributed by atoms with Gasteiger partial charge in [-0.15, -0.1) is 0 Å². The molecule has 3 rings (SSSR count). The lowest BCUT2D eigenvalue weighted by Gasteiger charge is -2.14. The van der Waals surface area contributed by atoms with Gasteiger partial charge in [-0.3, -0.25) is 14.4 Å². The first-order chi connectivity index (χ1) is 13.0. The van der Waals surface area contributed by atoms with Gasteiger partial charge in [0, 0.05) is 12.2 Å². The highest BCUT2D eigenvalue weighted by Gasteiger charge is 2.22. The minimum Gasteiger partial charge on any atom is -0.481 e. The van der Waals surface area contributed by atoms with E-state index in [1.54, 1.807) is 6.07 Å². The van der Waals surface area contributed by atoms with E-state index in [0.717, 1.165) is 43.4 Å². The number of benzene rings is 1. The molecule has 0 bridgehead atoms. The molecule has 1 amide bonds. The first kappa shape index (κ1) is 18.8. The summed E-state index contributed by atoms with van der Waals surface area (Å²) in [5, 5.41) is 11.9. The molecule has 1 heterocycles. The molecule has 0 saturated heterocycles. The average Bonchev–Trinajstić information content (AvgIpc) is 2.87. The zero-order valence-corrected chi connectivity index (χ0v) is 14.8. The number of carboxylic acids is 1. The van der Waals surface area contributed by atoms with Gasteiger partial charge in [0.25, 0.3) is 11.5 Å². The fourth-order valence-corrected chi connectivity index (χ4v) is 3.35. The predicted octanol–water partition coefficient (Wildman–Crippen LogP) is 2.38. The number of hydrogen-bond donors (Lipinski definition) is 3. The summed E-state index contributed by atoms with van der Waals surface area (Å²) in [4.78, 5) is 39.0. The van der Waals surface area contributed by atoms with Crippen molar-refractivity contribution in [2.45, 2.75) is 38.0 Å². The maximum absolute atomic E-state index is 13.0. The van der Waals surface area contributed by atoms with Gasteiger partial charge in [0.05, 0.1) is 5.92 Å². The van der Waals surface area contributed by atoms with Crippen LogP contribution in [0.2, 0.25) is 0 Å². The molecular formula is C20H21FN2O4. The molecule has 6 nitrogen and oxygen atoms in total. The number of nitrogens with one attached hydrogen (secondary N) is 2. The number of carbonyl (C=O) groups excluding carboxylic acids is 1. The van der Waals surface area contributed by atoms with E-state index in [-0.39, 0.29) is 12.1 Å². The fourth-order valence-electron chi connectivity index (χ4n) is 3.35. The maximum Gasteiger partial charge on any atom is 0.312 e. The molecule has 3 N–H and O–H groups in total. The molecule has 27 heavy (non-hydrogen) atoms. The Morgan fingerprint density at radius 3 is 2.56 bits per heavy atom. The molecule has 1 unspecified atom stereocenters. The number of aryl methyl sites for hydroxylation is 2. The van der Waals surface area contributed by atoms with Crippen LogP contribution in [0.15, 0.2) is 35.1 Å². The number of aromatic nitrogens is 1. The lowest BCUT2D eigenvalue weighted by Crippen LogP contribution is -2.35. The van der Waals surface area contributed by atoms with Crippen LogP contribution < -0.4 is 10.9 Å². The highest BCUT2D eigenvalue weighted by Crippen LogP contribution is 2.19. The summed E-state index contributed by atoms with van der Waals surface area (Å²) >= 11 is 0. The Morgan fingerprint density at radius 1 is 1.15 bits per heavy atom. The SMILES string of the molecule is O=C(NCC(C(=O)O)c1ccc(F)cc1)c1cc2c([nH]c1=O)CCCCC2. The number of rotatable bonds is 5. The van der Waals surface area contributed by atoms with Crippen molar-refractivity contribution < 1.29 is 19.1 Å². The van der Waals surface area contributed by atoms with Gasteiger partial charge in [0.1, 0.15) is 11.4 Å². The van der Waals surface area contributed by atoms with Crippen LogP contribution in [0.3, 0.4) is 0 Å². The summed E-state index contributed by atoms with van der Waals surface area (Å²) in [6, 6.07) is 6.70. The number of H-pyrrole nitrogens is 1. The van der Waals surface area contributed by atoms with E-state index in [4.69, 9.17) is 0 Å². The zero-order valence-electron chi connectivity index (χ0n) is 14.8. The molecular weight excluding hydrogens is 351 g/mol. The minimum absolute atomic E-state index is 0.0149. The molecule has 7 heteroatoms. The van der Waals surface area contributed by atoms with E-state index >= 15 is 0 Å². The topological polar surface area (TPSA) is 99.3 Å². The van der Waals surface area contributed by atoms with E-state index in [1.807, 2.05) is 0 Å². The van der Waals surface area contributed by atoms with Crippen molar-refractivity contribution in [3.05, 3.63) is 68.9 Å². The molecule has 0 radical (unpaired) electrons. The lowest BCUT2D eigenvalue weighted by molar-refractivity contribution is -0.138. The molecule has 1 aliphatic carbocycles. The van der Waals surface area contributed by atoms with Crippen molar-refractivity contribution in [3.63, 3.8) is 0 Å². The maximum atomic E-state index is 13.0. The van der Waals surface area contributed by atoms with Crippen LogP contribution in [0.5, 0.6) is 0 Å². The number of amides is 1. The first-order valence-corrected chi connectivity index (χ1v) is 8.97. The van der Waals surface area contributed by atoms with Crippen LogP contribution in [0, 0.1) is 5.82 Å². The van der Waals surface area contributed by atoms with Gasteiger partial charge >= 0.3 is 5.97 Å². The van der Waals surface area contributed by atoms with E-state index in [0.29, 0.717) is 5.56 Å². The summed E-state index contributed by atoms with van der Waals surface area (Å²) in [7, 11) is 0. The second-order valence-corrected chi connectivity index (χ2v) is 6.73. The molecule has 1 atom stereocenters. The lowest BCUT2D eigenvalue weighted by atomic mass is 9.99. The number of carboxylic acid groups (broad SMARTS) is 1. The number of pyridine rings is 1. The van der Waals surface area contributed by atoms with Crippen molar-refractivity contribution >= 4 is 11.9 Å². The van der Waals surface area contributed by atoms with Crippen LogP contribution in [0.4, 0.5) is 4.39 Å². The summed E-state index contributed by atoms with van der Waals surface area (Å²) < 4.78 is 13.0. The Hall–Kier alpha value is -2.96. The van der Waals surface area contributed by atoms with Crippen molar-refractivity contribution in [2.75, 3.05) is 6.54 Å². The normalized spacial score (nSPS) is 14.7. The molecule has 0 aliphatic heterocycles. The van der Waals surface area contributed by atoms with Gasteiger partial charge in [-0.2, -0.15) is 0 Å². The first-order valence-electron chi connectivity index (χ1n) is 8.97. The molecule has 0 spiro atoms. The number of fused-ring (bicyclic) bond motifs is 1. The van der Waals surface area contributed by atoms with Gasteiger partial charge < -0.3 is 15.4 Å². The summed E-state index contributed by atoms with van der Waals surface area (Å²) in [6.07, 6.45) is 4.69. The predicted molar refractivity (Wildman–Crippen MR) is 97.4 cm³/mol. The highest BCUT2D eigenvalue weighted by molar-refractivity contribution is 5.94. The van der Waals surface area contributed by atoms with E-state index in [9.17, 15) is 23.9 Å². The molecule has 142 valence electrons. The summed E-state index contributed by atoms with van der Waals surface area (Å²) in [5.41, 5.74) is 1.73. The van der Waals surface area contributed by atoms with Crippen LogP contribution in [-0.4, -0.2) is 28.5 Å². The van der Waals surface area contributed by atoms with Gasteiger partial charge in [0.15, 0.2) is 0 Å². The van der Waals surface area contributed by atoms with Crippen molar-refractivity contribution in [2.24, 2.45) is 0 Å². The zero-order chi connectivity index (χ0) is 19.4. The quantitative estimate of drug-likeness (QED) is 0.702. The number of halogens is 1. The Labute approximate surface area is 155 Å². The van der Waals surface area contributed by atoms with Crippen LogP contribution in [0.1, 0.15) is 52.4 Å². The van der Waals surface area contributed by atoms with Gasteiger partial charge in [0.2, 0.25) is 0 Å². The Kier molecular flexibility index (Phi) is 5.69. The Bertz CT molecular complexity index is 905. The van der Waals surface area contributed by atoms with Crippen molar-refractivity contribution in [1.82, 2.24) is 10.3 Å². The smallest absolute Gasteiger partial charge is 0.312 e. The molecule has 0 fully saturated rings. The molecule has 1 aromatic heterocycles. The van der Waals surface area contributed by atoms with E-state index < -0.39 is 29.2 Å². The number of aliphatic carboxylic acids is 1.